The molecule has 3 heteroatoms. The highest BCUT2D eigenvalue weighted by atomic mass is 32.2. The molecule has 0 aliphatic carbocycles. The quantitative estimate of drug-likeness (QED) is 0.371. The lowest BCUT2D eigenvalue weighted by Gasteiger charge is -2.00. The van der Waals surface area contributed by atoms with Gasteiger partial charge in [0.15, 0.2) is 5.09 Å². The van der Waals surface area contributed by atoms with Crippen LogP contribution in [0.4, 0.5) is 0 Å². The van der Waals surface area contributed by atoms with Gasteiger partial charge in [0.1, 0.15) is 0 Å². The maximum Gasteiger partial charge on any atom is 0.156 e. The highest BCUT2D eigenvalue weighted by molar-refractivity contribution is 8.05. The molecule has 0 N–H and O–H groups in total. The second-order valence-corrected chi connectivity index (χ2v) is 3.51. The molecule has 0 fully saturated rings. The molecule has 0 amide bonds. The van der Waals surface area contributed by atoms with Gasteiger partial charge in [-0.1, -0.05) is 31.3 Å². The lowest BCUT2D eigenvalue weighted by atomic mass is 10.2. The van der Waals surface area contributed by atoms with Crippen LogP contribution in [0.3, 0.4) is 0 Å². The molecule has 0 aromatic rings. The summed E-state index contributed by atoms with van der Waals surface area (Å²) in [6.07, 6.45) is 8.01. The summed E-state index contributed by atoms with van der Waals surface area (Å²) in [4.78, 5) is 3.87. The van der Waals surface area contributed by atoms with Crippen LogP contribution in [-0.2, 0) is 4.74 Å². The van der Waals surface area contributed by atoms with Crippen molar-refractivity contribution in [3.05, 3.63) is 47.6 Å². The molecule has 2 nitrogen and oxygen atoms in total. The highest BCUT2D eigenvalue weighted by Gasteiger charge is 1.92. The Morgan fingerprint density at radius 1 is 1.53 bits per heavy atom. The van der Waals surface area contributed by atoms with Crippen molar-refractivity contribution in [1.29, 1.82) is 0 Å². The van der Waals surface area contributed by atoms with E-state index in [9.17, 15) is 0 Å². The molecule has 0 aromatic carbocycles. The molecule has 0 atom stereocenters. The maximum atomic E-state index is 5.00. The summed E-state index contributed by atoms with van der Waals surface area (Å²) in [5, 5.41) is 2.62. The van der Waals surface area contributed by atoms with Gasteiger partial charge in [-0.25, -0.2) is 0 Å². The van der Waals surface area contributed by atoms with Crippen LogP contribution in [0, 0.1) is 0 Å². The summed E-state index contributed by atoms with van der Waals surface area (Å²) in [5.74, 6) is 0. The number of allylic oxidation sites excluding steroid dienone is 3. The SMILES string of the molecule is C=COC(=C)S/C=C(\C=C/C=NC)CC. The minimum atomic E-state index is 0.619. The third kappa shape index (κ3) is 7.82. The van der Waals surface area contributed by atoms with Gasteiger partial charge in [0, 0.05) is 13.3 Å². The minimum absolute atomic E-state index is 0.619. The van der Waals surface area contributed by atoms with Crippen molar-refractivity contribution in [2.75, 3.05) is 7.05 Å². The van der Waals surface area contributed by atoms with Gasteiger partial charge in [0.05, 0.1) is 6.26 Å². The third-order valence-electron chi connectivity index (χ3n) is 1.51. The molecule has 82 valence electrons. The summed E-state index contributed by atoms with van der Waals surface area (Å²) in [6, 6.07) is 0. The van der Waals surface area contributed by atoms with Crippen LogP contribution < -0.4 is 0 Å². The first kappa shape index (κ1) is 13.8. The van der Waals surface area contributed by atoms with Gasteiger partial charge in [-0.3, -0.25) is 4.99 Å². The number of hydrogen-bond donors (Lipinski definition) is 0. The molecular formula is C12H17NOS. The predicted molar refractivity (Wildman–Crippen MR) is 69.9 cm³/mol. The molecule has 0 aliphatic heterocycles. The van der Waals surface area contributed by atoms with Crippen molar-refractivity contribution < 1.29 is 4.74 Å². The van der Waals surface area contributed by atoms with Crippen molar-refractivity contribution >= 4 is 18.0 Å². The summed E-state index contributed by atoms with van der Waals surface area (Å²) in [6.45, 7) is 9.28. The summed E-state index contributed by atoms with van der Waals surface area (Å²) < 4.78 is 5.00. The maximum absolute atomic E-state index is 5.00. The van der Waals surface area contributed by atoms with E-state index >= 15 is 0 Å². The van der Waals surface area contributed by atoms with E-state index in [4.69, 9.17) is 4.74 Å². The zero-order chi connectivity index (χ0) is 11.5. The molecule has 0 bridgehead atoms. The predicted octanol–water partition coefficient (Wildman–Crippen LogP) is 3.90. The second-order valence-electron chi connectivity index (χ2n) is 2.59. The third-order valence-corrected chi connectivity index (χ3v) is 2.29. The van der Waals surface area contributed by atoms with Crippen molar-refractivity contribution in [1.82, 2.24) is 0 Å². The van der Waals surface area contributed by atoms with E-state index in [1.165, 1.54) is 23.6 Å². The molecule has 0 spiro atoms. The lowest BCUT2D eigenvalue weighted by molar-refractivity contribution is 0.392. The number of ether oxygens (including phenoxy) is 1. The topological polar surface area (TPSA) is 21.6 Å². The van der Waals surface area contributed by atoms with Gasteiger partial charge in [-0.2, -0.15) is 0 Å². The van der Waals surface area contributed by atoms with E-state index in [2.05, 4.69) is 25.1 Å². The van der Waals surface area contributed by atoms with Gasteiger partial charge in [-0.15, -0.1) is 0 Å². The normalized spacial score (nSPS) is 12.3. The number of rotatable bonds is 7. The van der Waals surface area contributed by atoms with Gasteiger partial charge >= 0.3 is 0 Å². The molecule has 0 rings (SSSR count). The van der Waals surface area contributed by atoms with Crippen LogP contribution in [0.25, 0.3) is 0 Å². The van der Waals surface area contributed by atoms with Crippen LogP contribution in [0.1, 0.15) is 13.3 Å². The fourth-order valence-corrected chi connectivity index (χ4v) is 1.41. The average molecular weight is 223 g/mol. The summed E-state index contributed by atoms with van der Waals surface area (Å²) >= 11 is 1.45. The molecule has 0 radical (unpaired) electrons. The van der Waals surface area contributed by atoms with Crippen molar-refractivity contribution in [2.24, 2.45) is 4.99 Å². The van der Waals surface area contributed by atoms with Gasteiger partial charge in [-0.05, 0) is 30.1 Å². The number of hydrogen-bond acceptors (Lipinski definition) is 3. The summed E-state index contributed by atoms with van der Waals surface area (Å²) in [5.41, 5.74) is 1.20. The second kappa shape index (κ2) is 9.34. The Morgan fingerprint density at radius 3 is 2.80 bits per heavy atom. The minimum Gasteiger partial charge on any atom is -0.459 e. The Hall–Kier alpha value is -1.22. The smallest absolute Gasteiger partial charge is 0.156 e. The highest BCUT2D eigenvalue weighted by Crippen LogP contribution is 2.20. The summed E-state index contributed by atoms with van der Waals surface area (Å²) in [7, 11) is 1.74. The van der Waals surface area contributed by atoms with Crippen molar-refractivity contribution in [3.8, 4) is 0 Å². The molecule has 0 saturated carbocycles. The van der Waals surface area contributed by atoms with Gasteiger partial charge in [0.2, 0.25) is 0 Å². The zero-order valence-corrected chi connectivity index (χ0v) is 10.1. The van der Waals surface area contributed by atoms with E-state index in [-0.39, 0.29) is 0 Å². The molecule has 15 heavy (non-hydrogen) atoms. The standard InChI is InChI=1S/C12H17NOS/c1-5-12(8-7-9-13-4)10-15-11(3)14-6-2/h6-10H,2-3,5H2,1,4H3/b8-7-,12-10-,13-9?. The van der Waals surface area contributed by atoms with Crippen LogP contribution >= 0.6 is 11.8 Å². The van der Waals surface area contributed by atoms with E-state index < -0.39 is 0 Å². The van der Waals surface area contributed by atoms with Crippen molar-refractivity contribution in [2.45, 2.75) is 13.3 Å². The molecule has 0 aromatic heterocycles. The van der Waals surface area contributed by atoms with E-state index in [0.29, 0.717) is 5.09 Å². The average Bonchev–Trinajstić information content (AvgIpc) is 2.23. The van der Waals surface area contributed by atoms with E-state index in [0.717, 1.165) is 6.42 Å². The Labute approximate surface area is 96.1 Å². The number of thioether (sulfide) groups is 1. The van der Waals surface area contributed by atoms with Crippen LogP contribution in [0.15, 0.2) is 52.6 Å². The first-order chi connectivity index (χ1) is 7.24. The fraction of sp³-hybridized carbons (Fsp3) is 0.250. The Balaban J connectivity index is 4.21. The Morgan fingerprint density at radius 2 is 2.27 bits per heavy atom. The van der Waals surface area contributed by atoms with Crippen molar-refractivity contribution in [3.63, 3.8) is 0 Å². The largest absolute Gasteiger partial charge is 0.459 e. The fourth-order valence-electron chi connectivity index (χ4n) is 0.755. The molecule has 0 unspecified atom stereocenters. The Bertz CT molecular complexity index is 290. The zero-order valence-electron chi connectivity index (χ0n) is 9.27. The van der Waals surface area contributed by atoms with Crippen LogP contribution in [-0.4, -0.2) is 13.3 Å². The molecular weight excluding hydrogens is 206 g/mol. The van der Waals surface area contributed by atoms with Gasteiger partial charge in [0.25, 0.3) is 0 Å². The van der Waals surface area contributed by atoms with E-state index in [1.807, 2.05) is 17.6 Å². The lowest BCUT2D eigenvalue weighted by Crippen LogP contribution is -1.77. The molecule has 0 heterocycles. The number of nitrogens with zero attached hydrogens (tertiary/aromatic N) is 1. The molecule has 0 saturated heterocycles. The van der Waals surface area contributed by atoms with Crippen LogP contribution in [0.2, 0.25) is 0 Å². The Kier molecular flexibility index (Phi) is 8.58. The van der Waals surface area contributed by atoms with Gasteiger partial charge < -0.3 is 4.74 Å². The number of aliphatic imine (C=N–C) groups is 1. The van der Waals surface area contributed by atoms with E-state index in [1.54, 1.807) is 13.3 Å². The molecule has 0 aliphatic rings. The monoisotopic (exact) mass is 223 g/mol. The van der Waals surface area contributed by atoms with Crippen LogP contribution in [0.5, 0.6) is 0 Å². The first-order valence-electron chi connectivity index (χ1n) is 4.65. The first-order valence-corrected chi connectivity index (χ1v) is 5.53.